The molecule has 0 aromatic heterocycles. The molecule has 0 radical (unpaired) electrons. The smallest absolute Gasteiger partial charge is 0.316 e. The molecule has 17 heavy (non-hydrogen) atoms. The zero-order valence-corrected chi connectivity index (χ0v) is 11.1. The molecule has 98 valence electrons. The molecule has 1 fully saturated rings. The van der Waals surface area contributed by atoms with Crippen molar-refractivity contribution in [3.05, 3.63) is 0 Å². The van der Waals surface area contributed by atoms with Crippen LogP contribution >= 0.6 is 0 Å². The lowest BCUT2D eigenvalue weighted by Crippen LogP contribution is -2.44. The largest absolute Gasteiger partial charge is 0.465 e. The van der Waals surface area contributed by atoms with Gasteiger partial charge in [0.05, 0.1) is 6.61 Å². The number of hydrogen-bond acceptors (Lipinski definition) is 4. The predicted molar refractivity (Wildman–Crippen MR) is 63.6 cm³/mol. The van der Waals surface area contributed by atoms with E-state index in [1.807, 2.05) is 13.8 Å². The zero-order valence-electron chi connectivity index (χ0n) is 11.1. The van der Waals surface area contributed by atoms with Crippen molar-refractivity contribution in [2.45, 2.75) is 46.1 Å². The second-order valence-electron chi connectivity index (χ2n) is 5.02. The van der Waals surface area contributed by atoms with E-state index in [1.165, 1.54) is 0 Å². The molecule has 2 atom stereocenters. The van der Waals surface area contributed by atoms with Crippen LogP contribution in [0.2, 0.25) is 0 Å². The van der Waals surface area contributed by atoms with Crippen molar-refractivity contribution in [2.24, 2.45) is 11.8 Å². The van der Waals surface area contributed by atoms with Crippen molar-refractivity contribution in [1.29, 1.82) is 0 Å². The highest BCUT2D eigenvalue weighted by Crippen LogP contribution is 2.31. The molecule has 0 saturated carbocycles. The van der Waals surface area contributed by atoms with E-state index in [4.69, 9.17) is 9.47 Å². The first-order valence-corrected chi connectivity index (χ1v) is 6.27. The highest BCUT2D eigenvalue weighted by Gasteiger charge is 2.45. The average molecular weight is 242 g/mol. The van der Waals surface area contributed by atoms with E-state index in [9.17, 15) is 9.59 Å². The van der Waals surface area contributed by atoms with Crippen molar-refractivity contribution in [3.8, 4) is 0 Å². The van der Waals surface area contributed by atoms with Gasteiger partial charge in [-0.3, -0.25) is 9.59 Å². The molecule has 0 aliphatic carbocycles. The lowest BCUT2D eigenvalue weighted by molar-refractivity contribution is -0.160. The van der Waals surface area contributed by atoms with Crippen molar-refractivity contribution in [1.82, 2.24) is 0 Å². The monoisotopic (exact) mass is 242 g/mol. The zero-order chi connectivity index (χ0) is 13.1. The Bertz CT molecular complexity index is 290. The number of hydrogen-bond donors (Lipinski definition) is 0. The van der Waals surface area contributed by atoms with Gasteiger partial charge in [-0.25, -0.2) is 0 Å². The maximum atomic E-state index is 12.4. The number of ketones is 1. The van der Waals surface area contributed by atoms with Gasteiger partial charge >= 0.3 is 5.97 Å². The van der Waals surface area contributed by atoms with Crippen molar-refractivity contribution in [2.75, 3.05) is 13.2 Å². The minimum Gasteiger partial charge on any atom is -0.465 e. The van der Waals surface area contributed by atoms with Gasteiger partial charge in [-0.05, 0) is 32.6 Å². The molecule has 0 spiro atoms. The Morgan fingerprint density at radius 3 is 2.47 bits per heavy atom. The van der Waals surface area contributed by atoms with Crippen molar-refractivity contribution >= 4 is 11.8 Å². The summed E-state index contributed by atoms with van der Waals surface area (Å²) in [4.78, 5) is 24.2. The molecule has 0 aromatic rings. The standard InChI is InChI=1S/C13H22O4/c1-5-16-12(15)10(9(2)3)11(14)13(4)7-6-8-17-13/h9-10H,5-8H2,1-4H3. The summed E-state index contributed by atoms with van der Waals surface area (Å²) < 4.78 is 10.5. The summed E-state index contributed by atoms with van der Waals surface area (Å²) in [5, 5.41) is 0. The van der Waals surface area contributed by atoms with Crippen LogP contribution in [0.15, 0.2) is 0 Å². The van der Waals surface area contributed by atoms with E-state index in [0.29, 0.717) is 19.6 Å². The second-order valence-corrected chi connectivity index (χ2v) is 5.02. The number of esters is 1. The van der Waals surface area contributed by atoms with E-state index >= 15 is 0 Å². The van der Waals surface area contributed by atoms with E-state index in [-0.39, 0.29) is 11.7 Å². The van der Waals surface area contributed by atoms with E-state index in [0.717, 1.165) is 6.42 Å². The molecule has 1 aliphatic heterocycles. The summed E-state index contributed by atoms with van der Waals surface area (Å²) in [6.07, 6.45) is 1.56. The number of carbonyl (C=O) groups excluding carboxylic acids is 2. The Balaban J connectivity index is 2.83. The van der Waals surface area contributed by atoms with Crippen LogP contribution in [0.5, 0.6) is 0 Å². The number of carbonyl (C=O) groups is 2. The van der Waals surface area contributed by atoms with Gasteiger partial charge in [-0.2, -0.15) is 0 Å². The molecule has 0 N–H and O–H groups in total. The van der Waals surface area contributed by atoms with Crippen LogP contribution in [-0.4, -0.2) is 30.6 Å². The molecule has 4 nitrogen and oxygen atoms in total. The highest BCUT2D eigenvalue weighted by atomic mass is 16.5. The number of ether oxygens (including phenoxy) is 2. The van der Waals surface area contributed by atoms with Crippen LogP contribution in [0.3, 0.4) is 0 Å². The van der Waals surface area contributed by atoms with Crippen LogP contribution in [0.25, 0.3) is 0 Å². The molecule has 4 heteroatoms. The SMILES string of the molecule is CCOC(=O)C(C(=O)C1(C)CCCO1)C(C)C. The molecule has 1 saturated heterocycles. The minimum absolute atomic E-state index is 0.0671. The summed E-state index contributed by atoms with van der Waals surface area (Å²) >= 11 is 0. The molecule has 1 heterocycles. The maximum Gasteiger partial charge on any atom is 0.316 e. The highest BCUT2D eigenvalue weighted by molar-refractivity contribution is 6.03. The Morgan fingerprint density at radius 2 is 2.06 bits per heavy atom. The summed E-state index contributed by atoms with van der Waals surface area (Å²) in [6, 6.07) is 0. The van der Waals surface area contributed by atoms with Crippen LogP contribution in [0.4, 0.5) is 0 Å². The third-order valence-corrected chi connectivity index (χ3v) is 3.23. The molecule has 2 unspecified atom stereocenters. The number of rotatable bonds is 5. The van der Waals surface area contributed by atoms with Crippen LogP contribution in [0, 0.1) is 11.8 Å². The third-order valence-electron chi connectivity index (χ3n) is 3.23. The molecule has 0 amide bonds. The fraction of sp³-hybridized carbons (Fsp3) is 0.846. The van der Waals surface area contributed by atoms with Crippen LogP contribution in [-0.2, 0) is 19.1 Å². The van der Waals surface area contributed by atoms with E-state index in [2.05, 4.69) is 0 Å². The third kappa shape index (κ3) is 3.06. The van der Waals surface area contributed by atoms with Gasteiger partial charge in [0.2, 0.25) is 0 Å². The first kappa shape index (κ1) is 14.2. The average Bonchev–Trinajstić information content (AvgIpc) is 2.66. The van der Waals surface area contributed by atoms with Gasteiger partial charge in [0.15, 0.2) is 5.78 Å². The van der Waals surface area contributed by atoms with E-state index < -0.39 is 17.5 Å². The Kier molecular flexibility index (Phi) is 4.69. The first-order valence-electron chi connectivity index (χ1n) is 6.27. The van der Waals surface area contributed by atoms with Gasteiger partial charge in [0.25, 0.3) is 0 Å². The van der Waals surface area contributed by atoms with Crippen molar-refractivity contribution < 1.29 is 19.1 Å². The second kappa shape index (κ2) is 5.63. The lowest BCUT2D eigenvalue weighted by Gasteiger charge is -2.28. The maximum absolute atomic E-state index is 12.4. The molecule has 1 aliphatic rings. The quantitative estimate of drug-likeness (QED) is 0.546. The molecular formula is C13H22O4. The number of Topliss-reactive ketones (excluding diaryl/α,β-unsaturated/α-hetero) is 1. The Morgan fingerprint density at radius 1 is 1.41 bits per heavy atom. The summed E-state index contributed by atoms with van der Waals surface area (Å²) in [7, 11) is 0. The molecular weight excluding hydrogens is 220 g/mol. The van der Waals surface area contributed by atoms with Crippen LogP contribution < -0.4 is 0 Å². The van der Waals surface area contributed by atoms with Crippen LogP contribution in [0.1, 0.15) is 40.5 Å². The Hall–Kier alpha value is -0.900. The van der Waals surface area contributed by atoms with Gasteiger partial charge in [-0.15, -0.1) is 0 Å². The minimum atomic E-state index is -0.804. The van der Waals surface area contributed by atoms with Gasteiger partial charge in [0, 0.05) is 6.61 Å². The van der Waals surface area contributed by atoms with Gasteiger partial charge < -0.3 is 9.47 Å². The normalized spacial score (nSPS) is 25.9. The summed E-state index contributed by atoms with van der Waals surface area (Å²) in [6.45, 7) is 8.13. The fourth-order valence-electron chi connectivity index (χ4n) is 2.22. The van der Waals surface area contributed by atoms with Crippen molar-refractivity contribution in [3.63, 3.8) is 0 Å². The van der Waals surface area contributed by atoms with E-state index in [1.54, 1.807) is 13.8 Å². The summed E-state index contributed by atoms with van der Waals surface area (Å²) in [5.41, 5.74) is -0.804. The Labute approximate surface area is 103 Å². The molecule has 0 bridgehead atoms. The summed E-state index contributed by atoms with van der Waals surface area (Å²) in [5.74, 6) is -1.34. The topological polar surface area (TPSA) is 52.6 Å². The molecule has 1 rings (SSSR count). The predicted octanol–water partition coefficient (Wildman–Crippen LogP) is 1.96. The lowest BCUT2D eigenvalue weighted by atomic mass is 9.82. The first-order chi connectivity index (χ1) is 7.92. The molecule has 0 aromatic carbocycles. The van der Waals surface area contributed by atoms with Gasteiger partial charge in [-0.1, -0.05) is 13.8 Å². The fourth-order valence-corrected chi connectivity index (χ4v) is 2.22. The van der Waals surface area contributed by atoms with Gasteiger partial charge in [0.1, 0.15) is 11.5 Å².